The minimum absolute atomic E-state index is 0.0116. The number of phenolic OH excluding ortho intramolecular Hbond substituents is 1. The maximum atomic E-state index is 14.5. The van der Waals surface area contributed by atoms with Gasteiger partial charge in [-0.15, -0.1) is 0 Å². The normalized spacial score (nSPS) is 21.6. The standard InChI is InChI=1S/C46H59N7O7/c1-9-52-38-15-14-29-22-33(38)34(41(52)32-12-10-16-47-39(32)27(4)59-8)23-46(5,6)25-60-45(58)35-13-11-17-53(50-35)44(57)36(20-28-18-30(29)21-31(54)19-28)49-42(55)40(26(2)3)51(7)43(56)37-24-48-37/h10,12,14-16,18-19,21-22,26-27,35-37,40,48,50,54H,9,11,13,17,20,23-25H2,1-8H3,(H,49,55)/t27-,35-,36-,37+,40?/m0/s1. The highest BCUT2D eigenvalue weighted by molar-refractivity contribution is 5.96. The molecule has 4 aromatic rings. The summed E-state index contributed by atoms with van der Waals surface area (Å²) >= 11 is 0. The van der Waals surface area contributed by atoms with Crippen molar-refractivity contribution in [2.24, 2.45) is 11.3 Å². The van der Waals surface area contributed by atoms with Crippen LogP contribution in [0.5, 0.6) is 5.75 Å². The number of hydrogen-bond acceptors (Lipinski definition) is 10. The molecule has 3 aliphatic heterocycles. The quantitative estimate of drug-likeness (QED) is 0.134. The van der Waals surface area contributed by atoms with Crippen LogP contribution in [-0.4, -0.2) is 106 Å². The number of pyridine rings is 1. The van der Waals surface area contributed by atoms with E-state index in [4.69, 9.17) is 14.5 Å². The molecule has 4 N–H and O–H groups in total. The molecule has 2 aromatic heterocycles. The Bertz CT molecular complexity index is 2280. The lowest BCUT2D eigenvalue weighted by molar-refractivity contribution is -0.155. The molecule has 6 bridgehead atoms. The van der Waals surface area contributed by atoms with Crippen molar-refractivity contribution < 1.29 is 33.8 Å². The first-order valence-corrected chi connectivity index (χ1v) is 21.1. The molecule has 5 heterocycles. The molecule has 3 aliphatic rings. The van der Waals surface area contributed by atoms with E-state index >= 15 is 0 Å². The van der Waals surface area contributed by atoms with Crippen molar-refractivity contribution >= 4 is 34.6 Å². The van der Waals surface area contributed by atoms with Crippen molar-refractivity contribution in [3.05, 3.63) is 71.5 Å². The Labute approximate surface area is 352 Å². The number of hydrazine groups is 1. The van der Waals surface area contributed by atoms with Crippen LogP contribution in [0, 0.1) is 11.3 Å². The Morgan fingerprint density at radius 2 is 1.88 bits per heavy atom. The van der Waals surface area contributed by atoms with Gasteiger partial charge in [0.05, 0.1) is 30.1 Å². The highest BCUT2D eigenvalue weighted by Gasteiger charge is 2.40. The number of nitrogens with zero attached hydrogens (tertiary/aromatic N) is 4. The molecule has 0 spiro atoms. The third-order valence-corrected chi connectivity index (χ3v) is 12.1. The molecule has 0 radical (unpaired) electrons. The maximum absolute atomic E-state index is 14.5. The fourth-order valence-electron chi connectivity index (χ4n) is 8.87. The van der Waals surface area contributed by atoms with Crippen LogP contribution in [0.3, 0.4) is 0 Å². The van der Waals surface area contributed by atoms with Gasteiger partial charge in [-0.25, -0.2) is 5.43 Å². The Balaban J connectivity index is 1.36. The fourth-order valence-corrected chi connectivity index (χ4v) is 8.87. The summed E-state index contributed by atoms with van der Waals surface area (Å²) in [5.41, 5.74) is 9.69. The first kappa shape index (κ1) is 42.8. The number of amides is 3. The fraction of sp³-hybridized carbons (Fsp3) is 0.500. The van der Waals surface area contributed by atoms with Gasteiger partial charge in [-0.2, -0.15) is 0 Å². The van der Waals surface area contributed by atoms with Crippen LogP contribution >= 0.6 is 0 Å². The van der Waals surface area contributed by atoms with Crippen LogP contribution in [0.15, 0.2) is 54.7 Å². The monoisotopic (exact) mass is 821 g/mol. The number of esters is 1. The third kappa shape index (κ3) is 8.77. The number of aromatic hydroxyl groups is 1. The zero-order valence-corrected chi connectivity index (χ0v) is 36.0. The van der Waals surface area contributed by atoms with Gasteiger partial charge in [0, 0.05) is 68.3 Å². The second kappa shape index (κ2) is 17.3. The molecule has 0 saturated carbocycles. The zero-order chi connectivity index (χ0) is 43.0. The highest BCUT2D eigenvalue weighted by atomic mass is 16.5. The molecule has 0 aliphatic carbocycles. The molecule has 5 atom stereocenters. The van der Waals surface area contributed by atoms with Gasteiger partial charge >= 0.3 is 5.97 Å². The Hall–Kier alpha value is -5.31. The first-order valence-electron chi connectivity index (χ1n) is 21.1. The molecule has 14 nitrogen and oxygen atoms in total. The number of ether oxygens (including phenoxy) is 2. The number of fused-ring (bicyclic) bond motifs is 6. The number of nitrogens with one attached hydrogen (secondary N) is 3. The van der Waals surface area contributed by atoms with E-state index in [1.54, 1.807) is 32.5 Å². The minimum atomic E-state index is -1.10. The number of carbonyl (C=O) groups excluding carboxylic acids is 4. The highest BCUT2D eigenvalue weighted by Crippen LogP contribution is 2.42. The summed E-state index contributed by atoms with van der Waals surface area (Å²) in [6, 6.07) is 12.5. The Morgan fingerprint density at radius 3 is 2.58 bits per heavy atom. The van der Waals surface area contributed by atoms with Crippen molar-refractivity contribution in [2.75, 3.05) is 33.9 Å². The van der Waals surface area contributed by atoms with Crippen LogP contribution in [0.1, 0.15) is 77.3 Å². The number of aryl methyl sites for hydroxylation is 1. The molecule has 320 valence electrons. The zero-order valence-electron chi connectivity index (χ0n) is 36.0. The van der Waals surface area contributed by atoms with Crippen molar-refractivity contribution in [3.8, 4) is 28.1 Å². The van der Waals surface area contributed by atoms with E-state index in [2.05, 4.69) is 59.6 Å². The number of phenols is 1. The molecule has 2 fully saturated rings. The van der Waals surface area contributed by atoms with Gasteiger partial charge in [-0.3, -0.25) is 29.2 Å². The topological polar surface area (TPSA) is 177 Å². The minimum Gasteiger partial charge on any atom is -0.508 e. The van der Waals surface area contributed by atoms with Crippen LogP contribution < -0.4 is 16.1 Å². The number of carbonyl (C=O) groups is 4. The van der Waals surface area contributed by atoms with Gasteiger partial charge in [-0.1, -0.05) is 39.8 Å². The van der Waals surface area contributed by atoms with Crippen LogP contribution in [-0.2, 0) is 48.0 Å². The number of hydrogen-bond donors (Lipinski definition) is 4. The van der Waals surface area contributed by atoms with Crippen LogP contribution in [0.4, 0.5) is 0 Å². The largest absolute Gasteiger partial charge is 0.508 e. The smallest absolute Gasteiger partial charge is 0.324 e. The summed E-state index contributed by atoms with van der Waals surface area (Å²) in [6.07, 6.45) is 3.10. The predicted octanol–water partition coefficient (Wildman–Crippen LogP) is 4.91. The van der Waals surface area contributed by atoms with E-state index in [0.29, 0.717) is 44.5 Å². The molecule has 2 aromatic carbocycles. The van der Waals surface area contributed by atoms with Gasteiger partial charge in [0.2, 0.25) is 11.8 Å². The van der Waals surface area contributed by atoms with E-state index in [9.17, 15) is 24.3 Å². The number of cyclic esters (lactones) is 1. The van der Waals surface area contributed by atoms with E-state index in [1.165, 1.54) is 9.91 Å². The second-order valence-electron chi connectivity index (χ2n) is 17.6. The van der Waals surface area contributed by atoms with Crippen molar-refractivity contribution in [1.82, 2.24) is 35.5 Å². The Kier molecular flexibility index (Phi) is 12.4. The lowest BCUT2D eigenvalue weighted by Gasteiger charge is -2.36. The number of aromatic nitrogens is 2. The lowest BCUT2D eigenvalue weighted by Crippen LogP contribution is -2.62. The maximum Gasteiger partial charge on any atom is 0.324 e. The van der Waals surface area contributed by atoms with Gasteiger partial charge in [0.1, 0.15) is 23.9 Å². The van der Waals surface area contributed by atoms with Gasteiger partial charge in [-0.05, 0) is 97.7 Å². The number of benzene rings is 2. The molecule has 1 unspecified atom stereocenters. The number of rotatable bonds is 9. The Morgan fingerprint density at radius 1 is 1.12 bits per heavy atom. The van der Waals surface area contributed by atoms with Crippen LogP contribution in [0.25, 0.3) is 33.3 Å². The molecular formula is C46H59N7O7. The summed E-state index contributed by atoms with van der Waals surface area (Å²) in [7, 11) is 3.29. The van der Waals surface area contributed by atoms with Gasteiger partial charge in [0.25, 0.3) is 5.91 Å². The average Bonchev–Trinajstić information content (AvgIpc) is 4.04. The summed E-state index contributed by atoms with van der Waals surface area (Å²) in [6.45, 7) is 13.7. The summed E-state index contributed by atoms with van der Waals surface area (Å²) in [4.78, 5) is 61.9. The number of methoxy groups -OCH3 is 1. The van der Waals surface area contributed by atoms with Gasteiger partial charge < -0.3 is 34.7 Å². The SMILES string of the molecule is CCn1c(-c2cccnc2[C@H](C)OC)c2c3cc(ccc31)-c1cc(O)cc(c1)C[C@H](NC(=O)C(C(C)C)N(C)C(=O)[C@H]1CN1)C(=O)N1CCC[C@H](N1)C(=O)OCC(C)(C)C2. The van der Waals surface area contributed by atoms with Crippen LogP contribution in [0.2, 0.25) is 0 Å². The predicted molar refractivity (Wildman–Crippen MR) is 229 cm³/mol. The van der Waals surface area contributed by atoms with Crippen molar-refractivity contribution in [1.29, 1.82) is 0 Å². The van der Waals surface area contributed by atoms with E-state index in [-0.39, 0.29) is 42.7 Å². The molecular weight excluding hydrogens is 763 g/mol. The molecule has 60 heavy (non-hydrogen) atoms. The summed E-state index contributed by atoms with van der Waals surface area (Å²) in [5.74, 6) is -1.81. The lowest BCUT2D eigenvalue weighted by atomic mass is 9.84. The van der Waals surface area contributed by atoms with E-state index in [0.717, 1.165) is 44.5 Å². The van der Waals surface area contributed by atoms with E-state index < -0.39 is 41.3 Å². The molecule has 2 saturated heterocycles. The summed E-state index contributed by atoms with van der Waals surface area (Å²) < 4.78 is 14.2. The molecule has 7 rings (SSSR count). The molecule has 14 heteroatoms. The number of likely N-dealkylation sites (N-methyl/N-ethyl adjacent to an activating group) is 1. The summed E-state index contributed by atoms with van der Waals surface area (Å²) in [5, 5.41) is 19.6. The molecule has 3 amide bonds. The van der Waals surface area contributed by atoms with Crippen molar-refractivity contribution in [3.63, 3.8) is 0 Å². The first-order chi connectivity index (χ1) is 28.6. The second-order valence-corrected chi connectivity index (χ2v) is 17.6. The van der Waals surface area contributed by atoms with Crippen molar-refractivity contribution in [2.45, 2.75) is 104 Å². The average molecular weight is 822 g/mol. The third-order valence-electron chi connectivity index (χ3n) is 12.1. The van der Waals surface area contributed by atoms with E-state index in [1.807, 2.05) is 39.0 Å². The van der Waals surface area contributed by atoms with Gasteiger partial charge in [0.15, 0.2) is 0 Å².